The molecule has 3 nitrogen and oxygen atoms in total. The standard InChI is InChI=1S/C14H14O3/c1-2-3-8-17-13-9-12(15)14(16)11-7-5-4-6-10(11)13/h4-7,9H,2-3,8H2,1H3. The Morgan fingerprint density at radius 1 is 1.12 bits per heavy atom. The smallest absolute Gasteiger partial charge is 0.233 e. The number of fused-ring (bicyclic) bond motifs is 1. The average Bonchev–Trinajstić information content (AvgIpc) is 2.36. The maximum atomic E-state index is 11.6. The highest BCUT2D eigenvalue weighted by molar-refractivity contribution is 6.50. The van der Waals surface area contributed by atoms with E-state index >= 15 is 0 Å². The third kappa shape index (κ3) is 2.28. The highest BCUT2D eigenvalue weighted by Crippen LogP contribution is 2.25. The fourth-order valence-corrected chi connectivity index (χ4v) is 1.74. The van der Waals surface area contributed by atoms with Crippen LogP contribution < -0.4 is 0 Å². The second-order valence-electron chi connectivity index (χ2n) is 3.95. The van der Waals surface area contributed by atoms with Crippen LogP contribution in [0.3, 0.4) is 0 Å². The van der Waals surface area contributed by atoms with Gasteiger partial charge in [-0.25, -0.2) is 0 Å². The van der Waals surface area contributed by atoms with Crippen molar-refractivity contribution in [3.8, 4) is 0 Å². The molecule has 1 aliphatic rings. The maximum Gasteiger partial charge on any atom is 0.233 e. The first kappa shape index (κ1) is 11.6. The molecule has 17 heavy (non-hydrogen) atoms. The Balaban J connectivity index is 2.29. The van der Waals surface area contributed by atoms with Gasteiger partial charge < -0.3 is 4.74 Å². The van der Waals surface area contributed by atoms with Crippen LogP contribution in [0, 0.1) is 0 Å². The molecule has 0 spiro atoms. The van der Waals surface area contributed by atoms with Gasteiger partial charge in [0.25, 0.3) is 0 Å². The van der Waals surface area contributed by atoms with E-state index in [0.29, 0.717) is 23.5 Å². The molecule has 0 saturated carbocycles. The van der Waals surface area contributed by atoms with Gasteiger partial charge in [-0.3, -0.25) is 9.59 Å². The summed E-state index contributed by atoms with van der Waals surface area (Å²) in [6.07, 6.45) is 3.25. The van der Waals surface area contributed by atoms with Crippen molar-refractivity contribution in [3.63, 3.8) is 0 Å². The molecule has 1 aromatic carbocycles. The zero-order chi connectivity index (χ0) is 12.3. The van der Waals surface area contributed by atoms with Crippen LogP contribution in [0.2, 0.25) is 0 Å². The van der Waals surface area contributed by atoms with Crippen LogP contribution in [-0.4, -0.2) is 18.2 Å². The predicted molar refractivity (Wildman–Crippen MR) is 64.6 cm³/mol. The number of carbonyl (C=O) groups is 2. The summed E-state index contributed by atoms with van der Waals surface area (Å²) < 4.78 is 5.56. The number of ketones is 2. The lowest BCUT2D eigenvalue weighted by molar-refractivity contribution is -0.111. The molecule has 0 heterocycles. The minimum Gasteiger partial charge on any atom is -0.493 e. The summed E-state index contributed by atoms with van der Waals surface area (Å²) in [5.41, 5.74) is 1.15. The van der Waals surface area contributed by atoms with Crippen molar-refractivity contribution >= 4 is 17.3 Å². The predicted octanol–water partition coefficient (Wildman–Crippen LogP) is 2.61. The molecule has 1 aromatic rings. The highest BCUT2D eigenvalue weighted by Gasteiger charge is 2.25. The number of unbranched alkanes of at least 4 members (excludes halogenated alkanes) is 1. The number of benzene rings is 1. The SMILES string of the molecule is CCCCOC1=CC(=O)C(=O)c2ccccc21. The maximum absolute atomic E-state index is 11.6. The first-order valence-electron chi connectivity index (χ1n) is 5.76. The van der Waals surface area contributed by atoms with Crippen LogP contribution in [0.4, 0.5) is 0 Å². The summed E-state index contributed by atoms with van der Waals surface area (Å²) in [5.74, 6) is -0.447. The topological polar surface area (TPSA) is 43.4 Å². The van der Waals surface area contributed by atoms with Gasteiger partial charge in [0.15, 0.2) is 0 Å². The highest BCUT2D eigenvalue weighted by atomic mass is 16.5. The van der Waals surface area contributed by atoms with Gasteiger partial charge in [-0.15, -0.1) is 0 Å². The Kier molecular flexibility index (Phi) is 3.38. The molecule has 0 radical (unpaired) electrons. The monoisotopic (exact) mass is 230 g/mol. The van der Waals surface area contributed by atoms with Crippen LogP contribution in [-0.2, 0) is 9.53 Å². The van der Waals surface area contributed by atoms with Crippen LogP contribution in [0.25, 0.3) is 5.76 Å². The van der Waals surface area contributed by atoms with Crippen molar-refractivity contribution in [2.75, 3.05) is 6.61 Å². The zero-order valence-electron chi connectivity index (χ0n) is 9.73. The first-order valence-corrected chi connectivity index (χ1v) is 5.76. The van der Waals surface area contributed by atoms with Gasteiger partial charge in [-0.2, -0.15) is 0 Å². The van der Waals surface area contributed by atoms with Crippen LogP contribution in [0.1, 0.15) is 35.7 Å². The molecular weight excluding hydrogens is 216 g/mol. The van der Waals surface area contributed by atoms with Crippen molar-refractivity contribution in [1.82, 2.24) is 0 Å². The molecule has 3 heteroatoms. The summed E-state index contributed by atoms with van der Waals surface area (Å²) in [7, 11) is 0. The van der Waals surface area contributed by atoms with Crippen LogP contribution in [0.15, 0.2) is 30.3 Å². The average molecular weight is 230 g/mol. The van der Waals surface area contributed by atoms with Gasteiger partial charge in [-0.1, -0.05) is 37.6 Å². The number of rotatable bonds is 4. The molecule has 88 valence electrons. The zero-order valence-corrected chi connectivity index (χ0v) is 9.73. The van der Waals surface area contributed by atoms with E-state index in [4.69, 9.17) is 4.74 Å². The third-order valence-electron chi connectivity index (χ3n) is 2.68. The van der Waals surface area contributed by atoms with E-state index in [2.05, 4.69) is 6.92 Å². The molecule has 2 rings (SSSR count). The molecule has 0 atom stereocenters. The second kappa shape index (κ2) is 4.95. The van der Waals surface area contributed by atoms with Gasteiger partial charge in [0, 0.05) is 17.2 Å². The van der Waals surface area contributed by atoms with Crippen LogP contribution in [0.5, 0.6) is 0 Å². The molecule has 0 N–H and O–H groups in total. The molecule has 0 bridgehead atoms. The molecule has 0 aliphatic heterocycles. The fourth-order valence-electron chi connectivity index (χ4n) is 1.74. The summed E-state index contributed by atoms with van der Waals surface area (Å²) in [6.45, 7) is 2.64. The van der Waals surface area contributed by atoms with Gasteiger partial charge in [0.2, 0.25) is 11.6 Å². The number of allylic oxidation sites excluding steroid dienone is 1. The molecular formula is C14H14O3. The Hall–Kier alpha value is -1.90. The van der Waals surface area contributed by atoms with E-state index in [-0.39, 0.29) is 0 Å². The van der Waals surface area contributed by atoms with Gasteiger partial charge in [0.05, 0.1) is 6.61 Å². The van der Waals surface area contributed by atoms with Crippen LogP contribution >= 0.6 is 0 Å². The normalized spacial score (nSPS) is 14.3. The second-order valence-corrected chi connectivity index (χ2v) is 3.95. The molecule has 1 aliphatic carbocycles. The Morgan fingerprint density at radius 2 is 1.82 bits per heavy atom. The molecule has 0 fully saturated rings. The van der Waals surface area contributed by atoms with Crippen molar-refractivity contribution in [2.45, 2.75) is 19.8 Å². The van der Waals surface area contributed by atoms with Gasteiger partial charge in [-0.05, 0) is 6.42 Å². The largest absolute Gasteiger partial charge is 0.493 e. The first-order chi connectivity index (χ1) is 8.24. The molecule has 0 aromatic heterocycles. The lowest BCUT2D eigenvalue weighted by Crippen LogP contribution is -2.19. The number of Topliss-reactive ketones (excluding diaryl/α,β-unsaturated/α-hetero) is 1. The number of carbonyl (C=O) groups excluding carboxylic acids is 2. The summed E-state index contributed by atoms with van der Waals surface area (Å²) in [5, 5.41) is 0. The fraction of sp³-hybridized carbons (Fsp3) is 0.286. The van der Waals surface area contributed by atoms with Gasteiger partial charge >= 0.3 is 0 Å². The summed E-state index contributed by atoms with van der Waals surface area (Å²) in [4.78, 5) is 23.1. The van der Waals surface area contributed by atoms with Crippen molar-refractivity contribution in [1.29, 1.82) is 0 Å². The van der Waals surface area contributed by atoms with Crippen molar-refractivity contribution < 1.29 is 14.3 Å². The quantitative estimate of drug-likeness (QED) is 0.590. The summed E-state index contributed by atoms with van der Waals surface area (Å²) >= 11 is 0. The minimum atomic E-state index is -0.504. The van der Waals surface area contributed by atoms with E-state index in [1.165, 1.54) is 6.08 Å². The Labute approximate surface area is 100 Å². The van der Waals surface area contributed by atoms with E-state index in [9.17, 15) is 9.59 Å². The third-order valence-corrected chi connectivity index (χ3v) is 2.68. The number of hydrogen-bond donors (Lipinski definition) is 0. The van der Waals surface area contributed by atoms with E-state index in [0.717, 1.165) is 12.8 Å². The van der Waals surface area contributed by atoms with E-state index < -0.39 is 11.6 Å². The Bertz CT molecular complexity index is 486. The number of hydrogen-bond acceptors (Lipinski definition) is 3. The lowest BCUT2D eigenvalue weighted by atomic mass is 9.94. The molecule has 0 unspecified atom stereocenters. The summed E-state index contributed by atoms with van der Waals surface area (Å²) in [6, 6.07) is 7.04. The molecule has 0 saturated heterocycles. The van der Waals surface area contributed by atoms with E-state index in [1.807, 2.05) is 6.07 Å². The Morgan fingerprint density at radius 3 is 2.53 bits per heavy atom. The van der Waals surface area contributed by atoms with Gasteiger partial charge in [0.1, 0.15) is 5.76 Å². The molecule has 0 amide bonds. The van der Waals surface area contributed by atoms with Crippen molar-refractivity contribution in [3.05, 3.63) is 41.5 Å². The minimum absolute atomic E-state index is 0.437. The van der Waals surface area contributed by atoms with Crippen molar-refractivity contribution in [2.24, 2.45) is 0 Å². The van der Waals surface area contributed by atoms with E-state index in [1.54, 1.807) is 18.2 Å². The lowest BCUT2D eigenvalue weighted by Gasteiger charge is -2.16. The number of ether oxygens (including phenoxy) is 1.